The first-order valence-electron chi connectivity index (χ1n) is 10.3. The second-order valence-corrected chi connectivity index (χ2v) is 9.06. The maximum atomic E-state index is 10.0. The van der Waals surface area contributed by atoms with E-state index in [1.807, 2.05) is 0 Å². The lowest BCUT2D eigenvalue weighted by molar-refractivity contribution is 0.0961. The molecule has 6 atom stereocenters. The predicted octanol–water partition coefficient (Wildman–Crippen LogP) is 5.17. The van der Waals surface area contributed by atoms with Crippen LogP contribution in [0.5, 0.6) is 0 Å². The third kappa shape index (κ3) is 3.53. The lowest BCUT2D eigenvalue weighted by Crippen LogP contribution is -2.35. The minimum absolute atomic E-state index is 0.470. The van der Waals surface area contributed by atoms with Crippen molar-refractivity contribution in [3.8, 4) is 0 Å². The van der Waals surface area contributed by atoms with E-state index in [4.69, 9.17) is 0 Å². The lowest BCUT2D eigenvalue weighted by atomic mass is 9.61. The van der Waals surface area contributed by atoms with Crippen LogP contribution in [0.25, 0.3) is 0 Å². The van der Waals surface area contributed by atoms with Crippen molar-refractivity contribution in [2.24, 2.45) is 23.2 Å². The van der Waals surface area contributed by atoms with E-state index in [0.29, 0.717) is 23.8 Å². The maximum absolute atomic E-state index is 10.0. The summed E-state index contributed by atoms with van der Waals surface area (Å²) in [5, 5.41) is 20.1. The fraction of sp³-hybridized carbons (Fsp3) is 0.739. The summed E-state index contributed by atoms with van der Waals surface area (Å²) in [6.07, 6.45) is 12.5. The molecule has 2 heteroatoms. The molecule has 0 aromatic carbocycles. The zero-order valence-corrected chi connectivity index (χ0v) is 16.3. The molecule has 25 heavy (non-hydrogen) atoms. The van der Waals surface area contributed by atoms with Crippen LogP contribution in [0.4, 0.5) is 0 Å². The van der Waals surface area contributed by atoms with Gasteiger partial charge in [0.15, 0.2) is 0 Å². The highest BCUT2D eigenvalue weighted by molar-refractivity contribution is 5.29. The monoisotopic (exact) mass is 344 g/mol. The van der Waals surface area contributed by atoms with Crippen LogP contribution in [0.1, 0.15) is 72.1 Å². The fourth-order valence-corrected chi connectivity index (χ4v) is 5.92. The van der Waals surface area contributed by atoms with Gasteiger partial charge >= 0.3 is 0 Å². The predicted molar refractivity (Wildman–Crippen MR) is 104 cm³/mol. The number of allylic oxidation sites excluding steroid dienone is 3. The van der Waals surface area contributed by atoms with Gasteiger partial charge in [0, 0.05) is 0 Å². The standard InChI is InChI=1S/C23H36O2/c1-5-15(2)19-10-11-20-18(7-6-12-23(19,20)4)9-8-17-13-21(24)16(3)22(25)14-17/h8-9,15,19-22,24-25H,3,5-7,10-14H2,1-2,4H3/t15-,19+,20-,21-,22+,23+/m0/s1. The molecule has 0 aromatic rings. The van der Waals surface area contributed by atoms with Crippen LogP contribution in [0.15, 0.2) is 35.5 Å². The van der Waals surface area contributed by atoms with E-state index in [2.05, 4.69) is 39.5 Å². The molecular weight excluding hydrogens is 308 g/mol. The first-order chi connectivity index (χ1) is 11.9. The lowest BCUT2D eigenvalue weighted by Gasteiger charge is -2.44. The van der Waals surface area contributed by atoms with Crippen molar-refractivity contribution in [3.05, 3.63) is 35.5 Å². The van der Waals surface area contributed by atoms with Gasteiger partial charge in [-0.05, 0) is 73.7 Å². The maximum Gasteiger partial charge on any atom is 0.0809 e. The molecule has 0 aliphatic heterocycles. The van der Waals surface area contributed by atoms with E-state index in [9.17, 15) is 10.2 Å². The Morgan fingerprint density at radius 1 is 1.20 bits per heavy atom. The smallest absolute Gasteiger partial charge is 0.0809 e. The highest BCUT2D eigenvalue weighted by Gasteiger charge is 2.50. The summed E-state index contributed by atoms with van der Waals surface area (Å²) in [4.78, 5) is 0. The molecule has 0 amide bonds. The zero-order valence-electron chi connectivity index (χ0n) is 16.3. The van der Waals surface area contributed by atoms with E-state index in [1.54, 1.807) is 5.57 Å². The molecule has 0 saturated heterocycles. The van der Waals surface area contributed by atoms with Crippen LogP contribution in [0.3, 0.4) is 0 Å². The van der Waals surface area contributed by atoms with Crippen LogP contribution in [0, 0.1) is 23.2 Å². The Morgan fingerprint density at radius 2 is 1.88 bits per heavy atom. The van der Waals surface area contributed by atoms with Gasteiger partial charge in [0.05, 0.1) is 12.2 Å². The Morgan fingerprint density at radius 3 is 2.52 bits per heavy atom. The van der Waals surface area contributed by atoms with E-state index in [1.165, 1.54) is 38.5 Å². The third-order valence-electron chi connectivity index (χ3n) is 7.67. The Balaban J connectivity index is 1.78. The summed E-state index contributed by atoms with van der Waals surface area (Å²) in [5.74, 6) is 2.41. The van der Waals surface area contributed by atoms with E-state index >= 15 is 0 Å². The van der Waals surface area contributed by atoms with Crippen molar-refractivity contribution >= 4 is 0 Å². The van der Waals surface area contributed by atoms with Gasteiger partial charge in [0.2, 0.25) is 0 Å². The second-order valence-electron chi connectivity index (χ2n) is 9.06. The summed E-state index contributed by atoms with van der Waals surface area (Å²) >= 11 is 0. The minimum Gasteiger partial charge on any atom is -0.388 e. The van der Waals surface area contributed by atoms with Crippen LogP contribution in [-0.2, 0) is 0 Å². The first-order valence-corrected chi connectivity index (χ1v) is 10.3. The molecule has 3 aliphatic carbocycles. The molecule has 3 rings (SSSR count). The molecule has 2 nitrogen and oxygen atoms in total. The van der Waals surface area contributed by atoms with Crippen molar-refractivity contribution in [2.75, 3.05) is 0 Å². The number of hydrogen-bond acceptors (Lipinski definition) is 2. The van der Waals surface area contributed by atoms with Gasteiger partial charge in [0.25, 0.3) is 0 Å². The summed E-state index contributed by atoms with van der Waals surface area (Å²) in [6.45, 7) is 11.1. The zero-order chi connectivity index (χ0) is 18.2. The van der Waals surface area contributed by atoms with Crippen LogP contribution < -0.4 is 0 Å². The molecule has 3 aliphatic rings. The molecule has 3 saturated carbocycles. The normalized spacial score (nSPS) is 43.5. The summed E-state index contributed by atoms with van der Waals surface area (Å²) in [7, 11) is 0. The largest absolute Gasteiger partial charge is 0.388 e. The summed E-state index contributed by atoms with van der Waals surface area (Å²) in [6, 6.07) is 0. The van der Waals surface area contributed by atoms with Gasteiger partial charge in [-0.2, -0.15) is 0 Å². The van der Waals surface area contributed by atoms with Gasteiger partial charge in [-0.25, -0.2) is 0 Å². The van der Waals surface area contributed by atoms with Crippen LogP contribution >= 0.6 is 0 Å². The van der Waals surface area contributed by atoms with Crippen molar-refractivity contribution in [2.45, 2.75) is 84.3 Å². The molecule has 2 N–H and O–H groups in total. The van der Waals surface area contributed by atoms with E-state index in [0.717, 1.165) is 23.3 Å². The second kappa shape index (κ2) is 7.40. The van der Waals surface area contributed by atoms with Crippen LogP contribution in [0.2, 0.25) is 0 Å². The van der Waals surface area contributed by atoms with E-state index < -0.39 is 12.2 Å². The van der Waals surface area contributed by atoms with Gasteiger partial charge in [0.1, 0.15) is 0 Å². The molecule has 0 aromatic heterocycles. The van der Waals surface area contributed by atoms with Crippen molar-refractivity contribution in [3.63, 3.8) is 0 Å². The highest BCUT2D eigenvalue weighted by atomic mass is 16.3. The molecular formula is C23H36O2. The first kappa shape index (κ1) is 18.9. The molecule has 0 bridgehead atoms. The Kier molecular flexibility index (Phi) is 5.60. The van der Waals surface area contributed by atoms with Gasteiger partial charge in [-0.15, -0.1) is 0 Å². The Bertz CT molecular complexity index is 557. The Hall–Kier alpha value is -0.860. The number of hydrogen-bond donors (Lipinski definition) is 2. The fourth-order valence-electron chi connectivity index (χ4n) is 5.92. The molecule has 0 heterocycles. The molecule has 0 unspecified atom stereocenters. The highest BCUT2D eigenvalue weighted by Crippen LogP contribution is 2.59. The van der Waals surface area contributed by atoms with Crippen molar-refractivity contribution in [1.29, 1.82) is 0 Å². The third-order valence-corrected chi connectivity index (χ3v) is 7.67. The average Bonchev–Trinajstić information content (AvgIpc) is 2.94. The van der Waals surface area contributed by atoms with E-state index in [-0.39, 0.29) is 0 Å². The molecule has 3 fully saturated rings. The minimum atomic E-state index is -0.591. The number of aliphatic hydroxyl groups is 2. The summed E-state index contributed by atoms with van der Waals surface area (Å²) in [5.41, 5.74) is 3.81. The van der Waals surface area contributed by atoms with Gasteiger partial charge in [-0.1, -0.05) is 57.1 Å². The topological polar surface area (TPSA) is 40.5 Å². The number of aliphatic hydroxyl groups excluding tert-OH is 2. The average molecular weight is 345 g/mol. The van der Waals surface area contributed by atoms with Gasteiger partial charge in [-0.3, -0.25) is 0 Å². The van der Waals surface area contributed by atoms with Crippen molar-refractivity contribution in [1.82, 2.24) is 0 Å². The number of rotatable bonds is 3. The Labute approximate surface area is 153 Å². The quantitative estimate of drug-likeness (QED) is 0.693. The molecule has 0 spiro atoms. The SMILES string of the molecule is C=C1[C@H](O)CC(=CC=C2CCC[C@]3(C)[C@@H]([C@@H](C)CC)CC[C@@H]23)C[C@@H]1O. The van der Waals surface area contributed by atoms with Crippen molar-refractivity contribution < 1.29 is 10.2 Å². The van der Waals surface area contributed by atoms with Crippen LogP contribution in [-0.4, -0.2) is 22.4 Å². The molecule has 140 valence electrons. The molecule has 0 radical (unpaired) electrons. The summed E-state index contributed by atoms with van der Waals surface area (Å²) < 4.78 is 0. The number of fused-ring (bicyclic) bond motifs is 1. The van der Waals surface area contributed by atoms with Gasteiger partial charge < -0.3 is 10.2 Å².